The van der Waals surface area contributed by atoms with Crippen molar-refractivity contribution in [1.82, 2.24) is 5.32 Å². The number of halogens is 2. The van der Waals surface area contributed by atoms with E-state index in [0.717, 1.165) is 11.1 Å². The zero-order valence-electron chi connectivity index (χ0n) is 10.4. The van der Waals surface area contributed by atoms with Crippen molar-refractivity contribution in [3.05, 3.63) is 56.2 Å². The number of aliphatic hydroxyl groups is 1. The van der Waals surface area contributed by atoms with Gasteiger partial charge in [-0.15, -0.1) is 0 Å². The van der Waals surface area contributed by atoms with Gasteiger partial charge in [0.15, 0.2) is 0 Å². The van der Waals surface area contributed by atoms with E-state index in [9.17, 15) is 5.11 Å². The summed E-state index contributed by atoms with van der Waals surface area (Å²) in [7, 11) is 0. The second-order valence-corrected chi connectivity index (χ2v) is 5.91. The molecule has 5 heteroatoms. The van der Waals surface area contributed by atoms with Crippen molar-refractivity contribution in [3.63, 3.8) is 0 Å². The van der Waals surface area contributed by atoms with Gasteiger partial charge in [0.05, 0.1) is 16.1 Å². The molecule has 0 fully saturated rings. The predicted molar refractivity (Wildman–Crippen MR) is 82.2 cm³/mol. The lowest BCUT2D eigenvalue weighted by atomic mass is 10.1. The van der Waals surface area contributed by atoms with E-state index in [1.165, 1.54) is 0 Å². The summed E-state index contributed by atoms with van der Waals surface area (Å²) >= 11 is 13.7. The van der Waals surface area contributed by atoms with Gasteiger partial charge in [0, 0.05) is 12.6 Å². The van der Waals surface area contributed by atoms with Gasteiger partial charge in [-0.3, -0.25) is 0 Å². The molecule has 0 bridgehead atoms. The molecule has 0 spiro atoms. The minimum atomic E-state index is -0.508. The van der Waals surface area contributed by atoms with Crippen molar-refractivity contribution in [2.24, 2.45) is 0 Å². The summed E-state index contributed by atoms with van der Waals surface area (Å²) in [6.45, 7) is 2.47. The summed E-state index contributed by atoms with van der Waals surface area (Å²) in [5.41, 5.74) is 1.87. The number of hydrogen-bond donors (Lipinski definition) is 2. The van der Waals surface area contributed by atoms with Crippen LogP contribution in [0, 0.1) is 0 Å². The number of hydrogen-bond acceptors (Lipinski definition) is 3. The maximum absolute atomic E-state index is 10.0. The van der Waals surface area contributed by atoms with Crippen molar-refractivity contribution < 1.29 is 5.11 Å². The predicted octanol–water partition coefficient (Wildman–Crippen LogP) is 4.44. The van der Waals surface area contributed by atoms with Crippen LogP contribution in [0.4, 0.5) is 0 Å². The molecule has 2 atom stereocenters. The summed E-state index contributed by atoms with van der Waals surface area (Å²) in [4.78, 5) is 0. The molecular weight excluding hydrogens is 301 g/mol. The fraction of sp³-hybridized carbons (Fsp3) is 0.286. The Hall–Kier alpha value is -0.580. The van der Waals surface area contributed by atoms with Crippen LogP contribution in [0.2, 0.25) is 10.0 Å². The van der Waals surface area contributed by atoms with Crippen LogP contribution in [0.25, 0.3) is 0 Å². The highest BCUT2D eigenvalue weighted by atomic mass is 35.5. The molecule has 2 aromatic rings. The monoisotopic (exact) mass is 315 g/mol. The van der Waals surface area contributed by atoms with Crippen LogP contribution in [0.3, 0.4) is 0 Å². The molecule has 102 valence electrons. The van der Waals surface area contributed by atoms with Crippen molar-refractivity contribution in [2.45, 2.75) is 19.1 Å². The standard InChI is InChI=1S/C14H15Cl2NOS/c1-9(11-3-2-4-12(15)14(11)16)17-7-13(18)10-5-6-19-8-10/h2-6,8-9,13,17-18H,7H2,1H3. The molecule has 2 unspecified atom stereocenters. The highest BCUT2D eigenvalue weighted by molar-refractivity contribution is 7.07. The zero-order valence-corrected chi connectivity index (χ0v) is 12.8. The Morgan fingerprint density at radius 3 is 2.79 bits per heavy atom. The Labute approximate surface area is 127 Å². The first-order valence-corrected chi connectivity index (χ1v) is 7.67. The lowest BCUT2D eigenvalue weighted by molar-refractivity contribution is 0.171. The van der Waals surface area contributed by atoms with Gasteiger partial charge in [0.25, 0.3) is 0 Å². The molecule has 19 heavy (non-hydrogen) atoms. The molecule has 0 saturated carbocycles. The second-order valence-electron chi connectivity index (χ2n) is 4.35. The van der Waals surface area contributed by atoms with Crippen molar-refractivity contribution in [3.8, 4) is 0 Å². The summed E-state index contributed by atoms with van der Waals surface area (Å²) in [5.74, 6) is 0. The number of aliphatic hydroxyl groups excluding tert-OH is 1. The topological polar surface area (TPSA) is 32.3 Å². The fourth-order valence-corrected chi connectivity index (χ4v) is 3.01. The maximum atomic E-state index is 10.0. The normalized spacial score (nSPS) is 14.3. The molecule has 2 rings (SSSR count). The van der Waals surface area contributed by atoms with Crippen LogP contribution in [-0.2, 0) is 0 Å². The summed E-state index contributed by atoms with van der Waals surface area (Å²) in [6, 6.07) is 7.52. The quantitative estimate of drug-likeness (QED) is 0.855. The van der Waals surface area contributed by atoms with E-state index in [1.54, 1.807) is 17.4 Å². The lowest BCUT2D eigenvalue weighted by Gasteiger charge is -2.18. The third kappa shape index (κ3) is 3.71. The van der Waals surface area contributed by atoms with Gasteiger partial charge in [0.1, 0.15) is 0 Å². The van der Waals surface area contributed by atoms with Crippen LogP contribution < -0.4 is 5.32 Å². The molecule has 2 nitrogen and oxygen atoms in total. The Morgan fingerprint density at radius 2 is 2.11 bits per heavy atom. The molecule has 0 radical (unpaired) electrons. The summed E-state index contributed by atoms with van der Waals surface area (Å²) in [6.07, 6.45) is -0.508. The van der Waals surface area contributed by atoms with E-state index in [1.807, 2.05) is 35.9 Å². The smallest absolute Gasteiger partial charge is 0.0922 e. The third-order valence-electron chi connectivity index (χ3n) is 2.99. The average Bonchev–Trinajstić information content (AvgIpc) is 2.93. The maximum Gasteiger partial charge on any atom is 0.0922 e. The molecular formula is C14H15Cl2NOS. The van der Waals surface area contributed by atoms with E-state index in [-0.39, 0.29) is 6.04 Å². The Kier molecular flexibility index (Phi) is 5.25. The number of thiophene rings is 1. The first-order valence-electron chi connectivity index (χ1n) is 5.97. The Bertz CT molecular complexity index is 530. The molecule has 0 saturated heterocycles. The van der Waals surface area contributed by atoms with Crippen molar-refractivity contribution >= 4 is 34.5 Å². The zero-order chi connectivity index (χ0) is 13.8. The summed E-state index contributed by atoms with van der Waals surface area (Å²) in [5, 5.41) is 18.3. The number of rotatable bonds is 5. The van der Waals surface area contributed by atoms with E-state index in [2.05, 4.69) is 5.32 Å². The van der Waals surface area contributed by atoms with Gasteiger partial charge >= 0.3 is 0 Å². The first kappa shape index (κ1) is 14.8. The van der Waals surface area contributed by atoms with Crippen LogP contribution >= 0.6 is 34.5 Å². The highest BCUT2D eigenvalue weighted by Crippen LogP contribution is 2.30. The van der Waals surface area contributed by atoms with E-state index < -0.39 is 6.10 Å². The van der Waals surface area contributed by atoms with E-state index in [4.69, 9.17) is 23.2 Å². The highest BCUT2D eigenvalue weighted by Gasteiger charge is 2.14. The third-order valence-corrected chi connectivity index (χ3v) is 4.53. The molecule has 0 aliphatic heterocycles. The average molecular weight is 316 g/mol. The van der Waals surface area contributed by atoms with E-state index >= 15 is 0 Å². The Morgan fingerprint density at radius 1 is 1.32 bits per heavy atom. The molecule has 1 heterocycles. The lowest BCUT2D eigenvalue weighted by Crippen LogP contribution is -2.24. The number of nitrogens with one attached hydrogen (secondary N) is 1. The van der Waals surface area contributed by atoms with Gasteiger partial charge in [-0.2, -0.15) is 11.3 Å². The number of benzene rings is 1. The molecule has 0 aliphatic carbocycles. The van der Waals surface area contributed by atoms with Crippen LogP contribution in [-0.4, -0.2) is 11.7 Å². The minimum Gasteiger partial charge on any atom is -0.387 e. The van der Waals surface area contributed by atoms with Crippen LogP contribution in [0.5, 0.6) is 0 Å². The van der Waals surface area contributed by atoms with Crippen LogP contribution in [0.15, 0.2) is 35.0 Å². The van der Waals surface area contributed by atoms with Gasteiger partial charge in [-0.05, 0) is 40.9 Å². The molecule has 0 aliphatic rings. The Balaban J connectivity index is 1.98. The molecule has 2 N–H and O–H groups in total. The minimum absolute atomic E-state index is 0.0273. The van der Waals surface area contributed by atoms with E-state index in [0.29, 0.717) is 16.6 Å². The molecule has 1 aromatic heterocycles. The van der Waals surface area contributed by atoms with Gasteiger partial charge in [-0.1, -0.05) is 35.3 Å². The SMILES string of the molecule is CC(NCC(O)c1ccsc1)c1cccc(Cl)c1Cl. The van der Waals surface area contributed by atoms with Crippen molar-refractivity contribution in [1.29, 1.82) is 0 Å². The van der Waals surface area contributed by atoms with Gasteiger partial charge in [-0.25, -0.2) is 0 Å². The van der Waals surface area contributed by atoms with Crippen molar-refractivity contribution in [2.75, 3.05) is 6.54 Å². The molecule has 1 aromatic carbocycles. The van der Waals surface area contributed by atoms with Gasteiger partial charge in [0.2, 0.25) is 0 Å². The molecule has 0 amide bonds. The van der Waals surface area contributed by atoms with Crippen LogP contribution in [0.1, 0.15) is 30.2 Å². The second kappa shape index (κ2) is 6.73. The fourth-order valence-electron chi connectivity index (χ4n) is 1.84. The first-order chi connectivity index (χ1) is 9.09. The van der Waals surface area contributed by atoms with Gasteiger partial charge < -0.3 is 10.4 Å². The largest absolute Gasteiger partial charge is 0.387 e. The summed E-state index contributed by atoms with van der Waals surface area (Å²) < 4.78 is 0.